The number of oxazole rings is 1. The minimum Gasteiger partial charge on any atom is -0.496 e. The third-order valence-electron chi connectivity index (χ3n) is 5.96. The van der Waals surface area contributed by atoms with Crippen LogP contribution in [0.2, 0.25) is 0 Å². The molecule has 1 aliphatic rings. The number of benzene rings is 2. The second-order valence-electron chi connectivity index (χ2n) is 8.21. The highest BCUT2D eigenvalue weighted by atomic mass is 16.5. The van der Waals surface area contributed by atoms with Crippen molar-refractivity contribution < 1.29 is 13.9 Å². The number of hydrogen-bond donors (Lipinski definition) is 1. The fourth-order valence-electron chi connectivity index (χ4n) is 4.23. The van der Waals surface area contributed by atoms with Gasteiger partial charge in [-0.3, -0.25) is 9.69 Å². The van der Waals surface area contributed by atoms with E-state index in [1.807, 2.05) is 42.5 Å². The Hall–Kier alpha value is -3.71. The number of para-hydroxylation sites is 1. The fraction of sp³-hybridized carbons (Fsp3) is 0.269. The van der Waals surface area contributed by atoms with Gasteiger partial charge in [0.25, 0.3) is 5.91 Å². The number of carbonyl (C=O) groups is 1. The van der Waals surface area contributed by atoms with E-state index in [4.69, 9.17) is 9.15 Å². The maximum absolute atomic E-state index is 13.1. The van der Waals surface area contributed by atoms with Gasteiger partial charge in [0.15, 0.2) is 11.2 Å². The van der Waals surface area contributed by atoms with Gasteiger partial charge in [0.2, 0.25) is 5.89 Å². The Kier molecular flexibility index (Phi) is 6.04. The van der Waals surface area contributed by atoms with Crippen molar-refractivity contribution in [2.24, 2.45) is 0 Å². The Morgan fingerprint density at radius 3 is 2.76 bits per heavy atom. The van der Waals surface area contributed by atoms with Crippen LogP contribution >= 0.6 is 0 Å². The highest BCUT2D eigenvalue weighted by Gasteiger charge is 2.18. The number of ether oxygens (including phenoxy) is 1. The highest BCUT2D eigenvalue weighted by Crippen LogP contribution is 2.30. The van der Waals surface area contributed by atoms with Crippen LogP contribution in [0.4, 0.5) is 5.69 Å². The summed E-state index contributed by atoms with van der Waals surface area (Å²) in [4.78, 5) is 24.2. The van der Waals surface area contributed by atoms with Crippen molar-refractivity contribution in [3.05, 3.63) is 71.9 Å². The summed E-state index contributed by atoms with van der Waals surface area (Å²) in [6.45, 7) is 3.04. The van der Waals surface area contributed by atoms with Crippen molar-refractivity contribution in [1.82, 2.24) is 14.9 Å². The van der Waals surface area contributed by atoms with E-state index in [0.29, 0.717) is 33.9 Å². The number of pyridine rings is 1. The van der Waals surface area contributed by atoms with E-state index in [2.05, 4.69) is 20.2 Å². The Morgan fingerprint density at radius 1 is 1.09 bits per heavy atom. The molecule has 0 saturated carbocycles. The summed E-state index contributed by atoms with van der Waals surface area (Å²) in [5.41, 5.74) is 4.06. The molecule has 3 heterocycles. The smallest absolute Gasteiger partial charge is 0.255 e. The average Bonchev–Trinajstić information content (AvgIpc) is 3.29. The van der Waals surface area contributed by atoms with Gasteiger partial charge in [-0.1, -0.05) is 24.6 Å². The molecule has 5 rings (SSSR count). The molecule has 33 heavy (non-hydrogen) atoms. The summed E-state index contributed by atoms with van der Waals surface area (Å²) >= 11 is 0. The number of nitrogens with zero attached hydrogens (tertiary/aromatic N) is 3. The molecule has 4 aromatic rings. The molecular weight excluding hydrogens is 416 g/mol. The first-order valence-electron chi connectivity index (χ1n) is 11.2. The van der Waals surface area contributed by atoms with Crippen LogP contribution in [0.1, 0.15) is 35.2 Å². The van der Waals surface area contributed by atoms with Gasteiger partial charge < -0.3 is 14.5 Å². The number of carbonyl (C=O) groups excluding carboxylic acids is 1. The average molecular weight is 443 g/mol. The molecule has 7 heteroatoms. The number of methoxy groups -OCH3 is 1. The van der Waals surface area contributed by atoms with E-state index in [9.17, 15) is 4.79 Å². The number of piperidine rings is 1. The minimum atomic E-state index is -0.223. The zero-order valence-corrected chi connectivity index (χ0v) is 18.6. The van der Waals surface area contributed by atoms with Gasteiger partial charge in [0.1, 0.15) is 5.75 Å². The molecular formula is C26H26N4O3. The van der Waals surface area contributed by atoms with Gasteiger partial charge in [-0.25, -0.2) is 4.98 Å². The van der Waals surface area contributed by atoms with E-state index >= 15 is 0 Å². The maximum atomic E-state index is 13.1. The van der Waals surface area contributed by atoms with Gasteiger partial charge in [-0.2, -0.15) is 4.98 Å². The van der Waals surface area contributed by atoms with E-state index < -0.39 is 0 Å². The lowest BCUT2D eigenvalue weighted by Gasteiger charge is -2.27. The maximum Gasteiger partial charge on any atom is 0.255 e. The molecule has 2 aromatic heterocycles. The van der Waals surface area contributed by atoms with Crippen LogP contribution < -0.4 is 10.1 Å². The highest BCUT2D eigenvalue weighted by molar-refractivity contribution is 6.06. The molecule has 0 spiro atoms. The topological polar surface area (TPSA) is 80.5 Å². The van der Waals surface area contributed by atoms with Crippen LogP contribution in [0.3, 0.4) is 0 Å². The van der Waals surface area contributed by atoms with Crippen molar-refractivity contribution in [2.45, 2.75) is 25.8 Å². The monoisotopic (exact) mass is 442 g/mol. The summed E-state index contributed by atoms with van der Waals surface area (Å²) in [7, 11) is 1.65. The Labute approximate surface area is 192 Å². The second-order valence-corrected chi connectivity index (χ2v) is 8.21. The second kappa shape index (κ2) is 9.42. The summed E-state index contributed by atoms with van der Waals surface area (Å²) < 4.78 is 11.5. The molecule has 1 N–H and O–H groups in total. The van der Waals surface area contributed by atoms with E-state index in [-0.39, 0.29) is 5.91 Å². The largest absolute Gasteiger partial charge is 0.496 e. The predicted molar refractivity (Wildman–Crippen MR) is 127 cm³/mol. The van der Waals surface area contributed by atoms with Crippen LogP contribution in [0.5, 0.6) is 5.75 Å². The first-order chi connectivity index (χ1) is 16.2. The minimum absolute atomic E-state index is 0.223. The van der Waals surface area contributed by atoms with Gasteiger partial charge in [0.05, 0.1) is 18.4 Å². The Morgan fingerprint density at radius 2 is 1.94 bits per heavy atom. The van der Waals surface area contributed by atoms with Crippen LogP contribution in [-0.2, 0) is 6.54 Å². The van der Waals surface area contributed by atoms with E-state index in [1.165, 1.54) is 19.3 Å². The molecule has 0 bridgehead atoms. The van der Waals surface area contributed by atoms with Gasteiger partial charge in [-0.15, -0.1) is 0 Å². The van der Waals surface area contributed by atoms with Crippen LogP contribution in [0, 0.1) is 0 Å². The van der Waals surface area contributed by atoms with Gasteiger partial charge in [-0.05, 0) is 62.3 Å². The summed E-state index contributed by atoms with van der Waals surface area (Å²) in [5, 5.41) is 3.00. The number of aromatic nitrogens is 2. The van der Waals surface area contributed by atoms with E-state index in [0.717, 1.165) is 30.9 Å². The molecule has 0 radical (unpaired) electrons. The number of nitrogens with one attached hydrogen (secondary N) is 1. The van der Waals surface area contributed by atoms with Gasteiger partial charge in [0, 0.05) is 23.9 Å². The van der Waals surface area contributed by atoms with Crippen LogP contribution in [0.25, 0.3) is 22.7 Å². The fourth-order valence-corrected chi connectivity index (χ4v) is 4.23. The lowest BCUT2D eigenvalue weighted by molar-refractivity contribution is 0.102. The first-order valence-corrected chi connectivity index (χ1v) is 11.2. The SMILES string of the molecule is COc1cc(C(=O)Nc2ccccc2-c2nc3ncccc3o2)ccc1CN1CCCCC1. The number of rotatable bonds is 6. The van der Waals surface area contributed by atoms with Crippen molar-refractivity contribution in [1.29, 1.82) is 0 Å². The van der Waals surface area contributed by atoms with Crippen molar-refractivity contribution in [3.63, 3.8) is 0 Å². The predicted octanol–water partition coefficient (Wildman–Crippen LogP) is 5.14. The van der Waals surface area contributed by atoms with E-state index in [1.54, 1.807) is 25.4 Å². The van der Waals surface area contributed by atoms with Gasteiger partial charge >= 0.3 is 0 Å². The van der Waals surface area contributed by atoms with Crippen molar-refractivity contribution in [3.8, 4) is 17.2 Å². The zero-order chi connectivity index (χ0) is 22.6. The van der Waals surface area contributed by atoms with Crippen LogP contribution in [0.15, 0.2) is 65.2 Å². The standard InChI is InChI=1S/C26H26N4O3/c1-32-23-16-18(11-12-19(23)17-30-14-5-2-6-15-30)25(31)28-21-9-4-3-8-20(21)26-29-24-22(33-26)10-7-13-27-24/h3-4,7-13,16H,2,5-6,14-15,17H2,1H3,(H,28,31). The molecule has 0 atom stereocenters. The van der Waals surface area contributed by atoms with Crippen molar-refractivity contribution >= 4 is 22.8 Å². The molecule has 168 valence electrons. The summed E-state index contributed by atoms with van der Waals surface area (Å²) in [6, 6.07) is 16.7. The summed E-state index contributed by atoms with van der Waals surface area (Å²) in [6.07, 6.45) is 5.44. The molecule has 0 unspecified atom stereocenters. The molecule has 2 aromatic carbocycles. The number of hydrogen-bond acceptors (Lipinski definition) is 6. The lowest BCUT2D eigenvalue weighted by Crippen LogP contribution is -2.29. The van der Waals surface area contributed by atoms with Crippen molar-refractivity contribution in [2.75, 3.05) is 25.5 Å². The molecule has 0 aliphatic carbocycles. The molecule has 1 fully saturated rings. The number of amides is 1. The van der Waals surface area contributed by atoms with Crippen LogP contribution in [-0.4, -0.2) is 41.0 Å². The molecule has 1 amide bonds. The normalized spacial score (nSPS) is 14.3. The Balaban J connectivity index is 1.37. The lowest BCUT2D eigenvalue weighted by atomic mass is 10.1. The quantitative estimate of drug-likeness (QED) is 0.446. The summed E-state index contributed by atoms with van der Waals surface area (Å²) in [5.74, 6) is 0.917. The first kappa shape index (κ1) is 21.2. The molecule has 7 nitrogen and oxygen atoms in total. The third kappa shape index (κ3) is 4.59. The Bertz CT molecular complexity index is 1240. The number of likely N-dealkylation sites (tertiary alicyclic amines) is 1. The molecule has 1 saturated heterocycles. The number of fused-ring (bicyclic) bond motifs is 1. The zero-order valence-electron chi connectivity index (χ0n) is 18.6. The third-order valence-corrected chi connectivity index (χ3v) is 5.96. The molecule has 1 aliphatic heterocycles. The number of anilines is 1.